The van der Waals surface area contributed by atoms with E-state index >= 15 is 0 Å². The van der Waals surface area contributed by atoms with Gasteiger partial charge in [0.1, 0.15) is 0 Å². The lowest BCUT2D eigenvalue weighted by Gasteiger charge is -2.31. The molecule has 0 atom stereocenters. The zero-order chi connectivity index (χ0) is 16.4. The van der Waals surface area contributed by atoms with Crippen molar-refractivity contribution in [1.82, 2.24) is 9.97 Å². The number of hydrogen-bond donors (Lipinski definition) is 1. The highest BCUT2D eigenvalue weighted by molar-refractivity contribution is 5.86. The molecule has 4 rings (SSSR count). The number of hydrogen-bond acceptors (Lipinski definition) is 4. The smallest absolute Gasteiger partial charge is 0.225 e. The van der Waals surface area contributed by atoms with E-state index in [1.807, 2.05) is 12.3 Å². The van der Waals surface area contributed by atoms with Gasteiger partial charge in [-0.2, -0.15) is 0 Å². The zero-order valence-electron chi connectivity index (χ0n) is 13.6. The van der Waals surface area contributed by atoms with E-state index in [2.05, 4.69) is 52.3 Å². The van der Waals surface area contributed by atoms with Gasteiger partial charge in [0.25, 0.3) is 0 Å². The van der Waals surface area contributed by atoms with Crippen molar-refractivity contribution in [3.8, 4) is 11.3 Å². The summed E-state index contributed by atoms with van der Waals surface area (Å²) in [4.78, 5) is 11.4. The maximum atomic E-state index is 9.28. The minimum Gasteiger partial charge on any atom is -0.396 e. The van der Waals surface area contributed by atoms with Crippen LogP contribution in [0.5, 0.6) is 0 Å². The predicted molar refractivity (Wildman–Crippen MR) is 97.0 cm³/mol. The molecule has 4 nitrogen and oxygen atoms in total. The van der Waals surface area contributed by atoms with Crippen molar-refractivity contribution in [3.63, 3.8) is 0 Å². The molecule has 0 aliphatic carbocycles. The molecule has 1 saturated heterocycles. The summed E-state index contributed by atoms with van der Waals surface area (Å²) in [5.41, 5.74) is 2.07. The Kier molecular flexibility index (Phi) is 4.13. The van der Waals surface area contributed by atoms with Crippen LogP contribution in [0.4, 0.5) is 5.95 Å². The van der Waals surface area contributed by atoms with Gasteiger partial charge < -0.3 is 10.0 Å². The van der Waals surface area contributed by atoms with E-state index < -0.39 is 0 Å². The monoisotopic (exact) mass is 319 g/mol. The lowest BCUT2D eigenvalue weighted by molar-refractivity contribution is 0.202. The van der Waals surface area contributed by atoms with Gasteiger partial charge in [-0.25, -0.2) is 9.97 Å². The molecule has 0 unspecified atom stereocenters. The second-order valence-electron chi connectivity index (χ2n) is 6.42. The average Bonchev–Trinajstić information content (AvgIpc) is 2.68. The quantitative estimate of drug-likeness (QED) is 0.802. The third-order valence-corrected chi connectivity index (χ3v) is 4.84. The average molecular weight is 319 g/mol. The largest absolute Gasteiger partial charge is 0.396 e. The summed E-state index contributed by atoms with van der Waals surface area (Å²) in [6, 6.07) is 16.8. The molecule has 0 bridgehead atoms. The van der Waals surface area contributed by atoms with E-state index in [-0.39, 0.29) is 6.61 Å². The summed E-state index contributed by atoms with van der Waals surface area (Å²) < 4.78 is 0. The third-order valence-electron chi connectivity index (χ3n) is 4.84. The van der Waals surface area contributed by atoms with Gasteiger partial charge in [0.2, 0.25) is 5.95 Å². The lowest BCUT2D eigenvalue weighted by atomic mass is 9.98. The molecule has 0 radical (unpaired) electrons. The summed E-state index contributed by atoms with van der Waals surface area (Å²) >= 11 is 0. The van der Waals surface area contributed by atoms with E-state index in [1.54, 1.807) is 0 Å². The van der Waals surface area contributed by atoms with Crippen molar-refractivity contribution < 1.29 is 5.11 Å². The van der Waals surface area contributed by atoms with Crippen LogP contribution in [0.25, 0.3) is 22.0 Å². The Bertz CT molecular complexity index is 841. The minimum atomic E-state index is 0.284. The van der Waals surface area contributed by atoms with Crippen LogP contribution < -0.4 is 4.90 Å². The topological polar surface area (TPSA) is 49.2 Å². The number of piperidine rings is 1. The first-order chi connectivity index (χ1) is 11.8. The summed E-state index contributed by atoms with van der Waals surface area (Å²) in [6.45, 7) is 2.10. The molecule has 1 aromatic heterocycles. The molecular formula is C20H21N3O. The third kappa shape index (κ3) is 2.97. The van der Waals surface area contributed by atoms with Crippen LogP contribution >= 0.6 is 0 Å². The highest BCUT2D eigenvalue weighted by atomic mass is 16.3. The van der Waals surface area contributed by atoms with E-state index in [9.17, 15) is 5.11 Å². The Labute approximate surface area is 141 Å². The number of nitrogens with zero attached hydrogens (tertiary/aromatic N) is 3. The second kappa shape index (κ2) is 6.57. The van der Waals surface area contributed by atoms with Gasteiger partial charge in [-0.3, -0.25) is 0 Å². The molecule has 3 aromatic rings. The van der Waals surface area contributed by atoms with Gasteiger partial charge in [-0.1, -0.05) is 36.4 Å². The highest BCUT2D eigenvalue weighted by Gasteiger charge is 2.20. The van der Waals surface area contributed by atoms with Crippen LogP contribution in [-0.4, -0.2) is 34.8 Å². The molecule has 1 aliphatic rings. The van der Waals surface area contributed by atoms with Crippen molar-refractivity contribution >= 4 is 16.7 Å². The molecule has 0 saturated carbocycles. The van der Waals surface area contributed by atoms with Crippen LogP contribution in [-0.2, 0) is 0 Å². The molecule has 1 N–H and O–H groups in total. The van der Waals surface area contributed by atoms with Crippen LogP contribution in [0.3, 0.4) is 0 Å². The molecule has 4 heteroatoms. The first-order valence-electron chi connectivity index (χ1n) is 8.51. The molecule has 1 aliphatic heterocycles. The normalized spacial score (nSPS) is 15.8. The molecule has 122 valence electrons. The number of aliphatic hydroxyl groups excluding tert-OH is 1. The lowest BCUT2D eigenvalue weighted by Crippen LogP contribution is -2.35. The maximum absolute atomic E-state index is 9.28. The first kappa shape index (κ1) is 15.1. The van der Waals surface area contributed by atoms with Crippen molar-refractivity contribution in [1.29, 1.82) is 0 Å². The fourth-order valence-corrected chi connectivity index (χ4v) is 3.33. The number of anilines is 1. The van der Waals surface area contributed by atoms with Gasteiger partial charge in [-0.05, 0) is 41.7 Å². The maximum Gasteiger partial charge on any atom is 0.225 e. The number of rotatable bonds is 3. The molecule has 2 heterocycles. The molecule has 24 heavy (non-hydrogen) atoms. The standard InChI is InChI=1S/C20H21N3O/c24-14-15-8-11-23(12-9-15)20-21-10-7-19(22-20)18-6-5-16-3-1-2-4-17(16)13-18/h1-7,10,13,15,24H,8-9,11-12,14H2. The molecule has 0 amide bonds. The number of aromatic nitrogens is 2. The van der Waals surface area contributed by atoms with E-state index in [1.165, 1.54) is 10.8 Å². The van der Waals surface area contributed by atoms with Crippen LogP contribution in [0.2, 0.25) is 0 Å². The van der Waals surface area contributed by atoms with Gasteiger partial charge >= 0.3 is 0 Å². The predicted octanol–water partition coefficient (Wildman–Crippen LogP) is 3.51. The van der Waals surface area contributed by atoms with Crippen molar-refractivity contribution in [3.05, 3.63) is 54.7 Å². The van der Waals surface area contributed by atoms with E-state index in [4.69, 9.17) is 4.98 Å². The summed E-state index contributed by atoms with van der Waals surface area (Å²) in [7, 11) is 0. The van der Waals surface area contributed by atoms with Gasteiger partial charge in [0.05, 0.1) is 5.69 Å². The van der Waals surface area contributed by atoms with Crippen molar-refractivity contribution in [2.45, 2.75) is 12.8 Å². The SMILES string of the molecule is OCC1CCN(c2nccc(-c3ccc4ccccc4c3)n2)CC1. The number of fused-ring (bicyclic) bond motifs is 1. The van der Waals surface area contributed by atoms with Gasteiger partial charge in [0.15, 0.2) is 0 Å². The van der Waals surface area contributed by atoms with Crippen LogP contribution in [0.15, 0.2) is 54.7 Å². The summed E-state index contributed by atoms with van der Waals surface area (Å²) in [6.07, 6.45) is 3.84. The second-order valence-corrected chi connectivity index (χ2v) is 6.42. The Morgan fingerprint density at radius 2 is 1.79 bits per heavy atom. The summed E-state index contributed by atoms with van der Waals surface area (Å²) in [5.74, 6) is 1.21. The fraction of sp³-hybridized carbons (Fsp3) is 0.300. The van der Waals surface area contributed by atoms with E-state index in [0.29, 0.717) is 5.92 Å². The number of benzene rings is 2. The van der Waals surface area contributed by atoms with Crippen molar-refractivity contribution in [2.75, 3.05) is 24.6 Å². The van der Waals surface area contributed by atoms with Crippen LogP contribution in [0, 0.1) is 5.92 Å². The van der Waals surface area contributed by atoms with Gasteiger partial charge in [0, 0.05) is 31.5 Å². The molecule has 2 aromatic carbocycles. The number of aliphatic hydroxyl groups is 1. The summed E-state index contributed by atoms with van der Waals surface area (Å²) in [5, 5.41) is 11.7. The molecule has 0 spiro atoms. The van der Waals surface area contributed by atoms with Gasteiger partial charge in [-0.15, -0.1) is 0 Å². The Balaban J connectivity index is 1.62. The van der Waals surface area contributed by atoms with Crippen LogP contribution in [0.1, 0.15) is 12.8 Å². The van der Waals surface area contributed by atoms with E-state index in [0.717, 1.165) is 43.1 Å². The first-order valence-corrected chi connectivity index (χ1v) is 8.51. The highest BCUT2D eigenvalue weighted by Crippen LogP contribution is 2.25. The fourth-order valence-electron chi connectivity index (χ4n) is 3.33. The zero-order valence-corrected chi connectivity index (χ0v) is 13.6. The Morgan fingerprint density at radius 3 is 2.58 bits per heavy atom. The Morgan fingerprint density at radius 1 is 1.00 bits per heavy atom. The Hall–Kier alpha value is -2.46. The molecule has 1 fully saturated rings. The minimum absolute atomic E-state index is 0.284. The van der Waals surface area contributed by atoms with Crippen molar-refractivity contribution in [2.24, 2.45) is 5.92 Å². The molecular weight excluding hydrogens is 298 g/mol.